The number of carbonyl (C=O) groups is 3. The third-order valence-corrected chi connectivity index (χ3v) is 4.45. The summed E-state index contributed by atoms with van der Waals surface area (Å²) < 4.78 is 0. The topological polar surface area (TPSA) is 66.5 Å². The van der Waals surface area contributed by atoms with Crippen molar-refractivity contribution in [3.63, 3.8) is 0 Å². The first-order chi connectivity index (χ1) is 7.67. The molecule has 0 bridgehead atoms. The molecule has 2 fully saturated rings. The Morgan fingerprint density at radius 3 is 3.00 bits per heavy atom. The molecule has 1 N–H and O–H groups in total. The molecule has 0 aliphatic carbocycles. The average Bonchev–Trinajstić information content (AvgIpc) is 2.57. The van der Waals surface area contributed by atoms with E-state index in [-0.39, 0.29) is 28.5 Å². The summed E-state index contributed by atoms with van der Waals surface area (Å²) in [6.07, 6.45) is 1.77. The molecule has 88 valence electrons. The minimum Gasteiger partial charge on any atom is -0.355 e. The van der Waals surface area contributed by atoms with Crippen molar-refractivity contribution in [1.29, 1.82) is 0 Å². The van der Waals surface area contributed by atoms with Gasteiger partial charge in [-0.1, -0.05) is 6.92 Å². The van der Waals surface area contributed by atoms with Crippen LogP contribution < -0.4 is 5.32 Å². The van der Waals surface area contributed by atoms with Crippen molar-refractivity contribution in [1.82, 2.24) is 10.2 Å². The Labute approximate surface area is 97.9 Å². The van der Waals surface area contributed by atoms with Crippen LogP contribution in [0.5, 0.6) is 0 Å². The molecule has 2 heterocycles. The fraction of sp³-hybridized carbons (Fsp3) is 0.700. The average molecular weight is 242 g/mol. The minimum absolute atomic E-state index is 0.00412. The molecule has 2 aliphatic heterocycles. The summed E-state index contributed by atoms with van der Waals surface area (Å²) in [6.45, 7) is 2.24. The molecule has 0 saturated carbocycles. The zero-order valence-corrected chi connectivity index (χ0v) is 9.83. The number of hydrogen-bond donors (Lipinski definition) is 1. The first kappa shape index (κ1) is 11.4. The fourth-order valence-corrected chi connectivity index (χ4v) is 3.56. The van der Waals surface area contributed by atoms with Crippen molar-refractivity contribution in [2.24, 2.45) is 0 Å². The lowest BCUT2D eigenvalue weighted by molar-refractivity contribution is -0.145. The molecule has 0 spiro atoms. The van der Waals surface area contributed by atoms with Crippen LogP contribution in [-0.4, -0.2) is 46.2 Å². The van der Waals surface area contributed by atoms with Crippen LogP contribution in [0.25, 0.3) is 0 Å². The van der Waals surface area contributed by atoms with E-state index in [1.165, 1.54) is 0 Å². The van der Waals surface area contributed by atoms with Crippen LogP contribution in [0.3, 0.4) is 0 Å². The molecule has 5 nitrogen and oxygen atoms in total. The molecule has 0 aromatic rings. The van der Waals surface area contributed by atoms with Crippen LogP contribution >= 0.6 is 11.8 Å². The van der Waals surface area contributed by atoms with Gasteiger partial charge in [0.2, 0.25) is 11.8 Å². The van der Waals surface area contributed by atoms with E-state index >= 15 is 0 Å². The second kappa shape index (κ2) is 4.45. The Bertz CT molecular complexity index is 334. The van der Waals surface area contributed by atoms with E-state index in [1.807, 2.05) is 0 Å². The second-order valence-electron chi connectivity index (χ2n) is 3.92. The highest BCUT2D eigenvalue weighted by Crippen LogP contribution is 2.43. The number of nitrogens with one attached hydrogen (secondary N) is 1. The first-order valence-corrected chi connectivity index (χ1v) is 6.30. The number of aldehydes is 1. The van der Waals surface area contributed by atoms with Crippen LogP contribution in [0.2, 0.25) is 0 Å². The molecule has 2 saturated heterocycles. The Morgan fingerprint density at radius 2 is 2.44 bits per heavy atom. The predicted octanol–water partition coefficient (Wildman–Crippen LogP) is -0.246. The molecule has 0 radical (unpaired) electrons. The van der Waals surface area contributed by atoms with Crippen molar-refractivity contribution >= 4 is 29.9 Å². The number of fused-ring (bicyclic) bond motifs is 1. The van der Waals surface area contributed by atoms with E-state index in [1.54, 1.807) is 23.6 Å². The molecule has 3 atom stereocenters. The number of amides is 2. The number of rotatable bonds is 4. The molecule has 2 unspecified atom stereocenters. The van der Waals surface area contributed by atoms with Gasteiger partial charge in [-0.25, -0.2) is 0 Å². The molecular formula is C10H14N2O3S. The fourth-order valence-electron chi connectivity index (χ4n) is 2.00. The van der Waals surface area contributed by atoms with Crippen molar-refractivity contribution < 1.29 is 14.4 Å². The Balaban J connectivity index is 1.93. The third-order valence-electron chi connectivity index (χ3n) is 2.94. The van der Waals surface area contributed by atoms with E-state index in [0.29, 0.717) is 19.4 Å². The van der Waals surface area contributed by atoms with Gasteiger partial charge in [0, 0.05) is 13.0 Å². The molecule has 2 rings (SSSR count). The monoisotopic (exact) mass is 242 g/mol. The van der Waals surface area contributed by atoms with Crippen LogP contribution in [0.1, 0.15) is 19.8 Å². The summed E-state index contributed by atoms with van der Waals surface area (Å²) in [5, 5.41) is 2.91. The Kier molecular flexibility index (Phi) is 3.18. The summed E-state index contributed by atoms with van der Waals surface area (Å²) in [4.78, 5) is 35.0. The van der Waals surface area contributed by atoms with Gasteiger partial charge in [-0.2, -0.15) is 0 Å². The van der Waals surface area contributed by atoms with Gasteiger partial charge < -0.3 is 15.0 Å². The SMILES string of the molecule is CCC(=O)NCC1S[C@@H]2CC(=O)N2C1C=O. The summed E-state index contributed by atoms with van der Waals surface area (Å²) in [7, 11) is 0. The normalized spacial score (nSPS) is 31.9. The number of β-lactam (4-membered cyclic amide) rings is 1. The van der Waals surface area contributed by atoms with Gasteiger partial charge in [-0.05, 0) is 0 Å². The number of nitrogens with zero attached hydrogens (tertiary/aromatic N) is 1. The van der Waals surface area contributed by atoms with Crippen molar-refractivity contribution in [2.45, 2.75) is 36.4 Å². The molecule has 2 aliphatic rings. The van der Waals surface area contributed by atoms with Gasteiger partial charge in [-0.15, -0.1) is 11.8 Å². The van der Waals surface area contributed by atoms with Gasteiger partial charge in [0.15, 0.2) is 0 Å². The van der Waals surface area contributed by atoms with Crippen molar-refractivity contribution in [3.05, 3.63) is 0 Å². The molecule has 6 heteroatoms. The standard InChI is InChI=1S/C10H14N2O3S/c1-2-8(14)11-4-7-6(5-13)12-9(15)3-10(12)16-7/h5-7,10H,2-4H2,1H3,(H,11,14)/t6?,7?,10-/m1/s1. The van der Waals surface area contributed by atoms with E-state index in [0.717, 1.165) is 6.29 Å². The lowest BCUT2D eigenvalue weighted by Crippen LogP contribution is -2.53. The lowest BCUT2D eigenvalue weighted by atomic mass is 10.1. The predicted molar refractivity (Wildman–Crippen MR) is 59.8 cm³/mol. The van der Waals surface area contributed by atoms with E-state index in [9.17, 15) is 14.4 Å². The number of thioether (sulfide) groups is 1. The van der Waals surface area contributed by atoms with E-state index in [2.05, 4.69) is 5.32 Å². The largest absolute Gasteiger partial charge is 0.355 e. The van der Waals surface area contributed by atoms with Crippen LogP contribution in [-0.2, 0) is 14.4 Å². The van der Waals surface area contributed by atoms with Crippen LogP contribution in [0.15, 0.2) is 0 Å². The van der Waals surface area contributed by atoms with Gasteiger partial charge >= 0.3 is 0 Å². The first-order valence-electron chi connectivity index (χ1n) is 5.36. The minimum atomic E-state index is -0.367. The lowest BCUT2D eigenvalue weighted by Gasteiger charge is -2.35. The number of carbonyl (C=O) groups excluding carboxylic acids is 3. The maximum atomic E-state index is 11.3. The summed E-state index contributed by atoms with van der Waals surface area (Å²) >= 11 is 1.61. The Hall–Kier alpha value is -1.04. The van der Waals surface area contributed by atoms with Crippen molar-refractivity contribution in [3.8, 4) is 0 Å². The van der Waals surface area contributed by atoms with Gasteiger partial charge in [0.25, 0.3) is 0 Å². The maximum Gasteiger partial charge on any atom is 0.227 e. The summed E-state index contributed by atoms with van der Waals surface area (Å²) in [6, 6.07) is -0.367. The third kappa shape index (κ3) is 1.81. The van der Waals surface area contributed by atoms with E-state index in [4.69, 9.17) is 0 Å². The highest BCUT2D eigenvalue weighted by atomic mass is 32.2. The van der Waals surface area contributed by atoms with Crippen LogP contribution in [0, 0.1) is 0 Å². The highest BCUT2D eigenvalue weighted by molar-refractivity contribution is 8.01. The van der Waals surface area contributed by atoms with Gasteiger partial charge in [0.1, 0.15) is 12.3 Å². The van der Waals surface area contributed by atoms with Crippen LogP contribution in [0.4, 0.5) is 0 Å². The number of hydrogen-bond acceptors (Lipinski definition) is 4. The highest BCUT2D eigenvalue weighted by Gasteiger charge is 2.51. The van der Waals surface area contributed by atoms with Crippen molar-refractivity contribution in [2.75, 3.05) is 6.54 Å². The molecule has 0 aromatic carbocycles. The smallest absolute Gasteiger partial charge is 0.227 e. The molecular weight excluding hydrogens is 228 g/mol. The quantitative estimate of drug-likeness (QED) is 0.545. The second-order valence-corrected chi connectivity index (χ2v) is 5.34. The maximum absolute atomic E-state index is 11.3. The molecule has 0 aromatic heterocycles. The van der Waals surface area contributed by atoms with E-state index < -0.39 is 0 Å². The summed E-state index contributed by atoms with van der Waals surface area (Å²) in [5.74, 6) is 0.0183. The van der Waals surface area contributed by atoms with Gasteiger partial charge in [-0.3, -0.25) is 9.59 Å². The Morgan fingerprint density at radius 1 is 1.69 bits per heavy atom. The molecule has 2 amide bonds. The zero-order chi connectivity index (χ0) is 11.7. The summed E-state index contributed by atoms with van der Waals surface area (Å²) in [5.41, 5.74) is 0. The zero-order valence-electron chi connectivity index (χ0n) is 9.01. The molecule has 16 heavy (non-hydrogen) atoms. The van der Waals surface area contributed by atoms with Gasteiger partial charge in [0.05, 0.1) is 17.0 Å².